The smallest absolute Gasteiger partial charge is 0.228 e. The predicted octanol–water partition coefficient (Wildman–Crippen LogP) is 1.99. The number of benzene rings is 1. The molecule has 1 fully saturated rings. The number of hydrogen-bond acceptors (Lipinski definition) is 3. The molecule has 2 N–H and O–H groups in total. The summed E-state index contributed by atoms with van der Waals surface area (Å²) in [5.74, 6) is -0.676. The Morgan fingerprint density at radius 1 is 1.33 bits per heavy atom. The first kappa shape index (κ1) is 15.8. The number of nitrogens with one attached hydrogen (secondary N) is 2. The summed E-state index contributed by atoms with van der Waals surface area (Å²) >= 11 is 5.88. The number of anilines is 1. The molecule has 0 aliphatic heterocycles. The molecular weight excluding hydrogens is 292 g/mol. The summed E-state index contributed by atoms with van der Waals surface area (Å²) in [4.78, 5) is 23.9. The Morgan fingerprint density at radius 3 is 2.71 bits per heavy atom. The Balaban J connectivity index is 1.84. The molecule has 1 aromatic rings. The molecule has 114 valence electrons. The van der Waals surface area contributed by atoms with Gasteiger partial charge in [0.2, 0.25) is 11.8 Å². The number of ether oxygens (including phenoxy) is 1. The van der Waals surface area contributed by atoms with Crippen molar-refractivity contribution in [1.29, 1.82) is 0 Å². The summed E-state index contributed by atoms with van der Waals surface area (Å²) in [6.45, 7) is 2.82. The lowest BCUT2D eigenvalue weighted by Crippen LogP contribution is -2.30. The number of carbonyl (C=O) groups is 2. The number of hydrogen-bond donors (Lipinski definition) is 2. The number of amides is 2. The zero-order valence-corrected chi connectivity index (χ0v) is 12.9. The van der Waals surface area contributed by atoms with Crippen molar-refractivity contribution in [1.82, 2.24) is 5.32 Å². The van der Waals surface area contributed by atoms with Crippen molar-refractivity contribution in [2.24, 2.45) is 11.8 Å². The van der Waals surface area contributed by atoms with Crippen molar-refractivity contribution in [3.05, 3.63) is 28.8 Å². The lowest BCUT2D eigenvalue weighted by atomic mass is 10.2. The van der Waals surface area contributed by atoms with Gasteiger partial charge >= 0.3 is 0 Å². The second kappa shape index (κ2) is 6.91. The van der Waals surface area contributed by atoms with Gasteiger partial charge in [-0.3, -0.25) is 9.59 Å². The third-order valence-corrected chi connectivity index (χ3v) is 3.75. The first-order chi connectivity index (χ1) is 10.0. The fourth-order valence-corrected chi connectivity index (χ4v) is 2.40. The highest BCUT2D eigenvalue weighted by Crippen LogP contribution is 2.39. The number of rotatable bonds is 6. The van der Waals surface area contributed by atoms with Crippen LogP contribution in [0.1, 0.15) is 12.0 Å². The molecule has 2 atom stereocenters. The zero-order chi connectivity index (χ0) is 15.4. The van der Waals surface area contributed by atoms with E-state index in [0.29, 0.717) is 24.6 Å². The summed E-state index contributed by atoms with van der Waals surface area (Å²) in [6.07, 6.45) is 0.595. The molecule has 6 heteroatoms. The fraction of sp³-hybridized carbons (Fsp3) is 0.467. The van der Waals surface area contributed by atoms with Crippen molar-refractivity contribution < 1.29 is 14.3 Å². The van der Waals surface area contributed by atoms with E-state index in [-0.39, 0.29) is 23.7 Å². The molecule has 0 saturated heterocycles. The minimum atomic E-state index is -0.248. The Kier molecular flexibility index (Phi) is 5.20. The second-order valence-electron chi connectivity index (χ2n) is 5.18. The molecule has 2 unspecified atom stereocenters. The van der Waals surface area contributed by atoms with Gasteiger partial charge in [-0.05, 0) is 37.1 Å². The Labute approximate surface area is 129 Å². The average molecular weight is 311 g/mol. The van der Waals surface area contributed by atoms with E-state index in [0.717, 1.165) is 11.3 Å². The molecule has 2 rings (SSSR count). The van der Waals surface area contributed by atoms with Crippen LogP contribution in [0.4, 0.5) is 5.69 Å². The lowest BCUT2D eigenvalue weighted by Gasteiger charge is -2.08. The van der Waals surface area contributed by atoms with Gasteiger partial charge in [0.1, 0.15) is 0 Å². The average Bonchev–Trinajstić information content (AvgIpc) is 3.22. The molecule has 0 radical (unpaired) electrons. The van der Waals surface area contributed by atoms with Crippen LogP contribution >= 0.6 is 11.6 Å². The molecule has 2 amide bonds. The zero-order valence-electron chi connectivity index (χ0n) is 12.1. The van der Waals surface area contributed by atoms with Gasteiger partial charge in [0, 0.05) is 24.4 Å². The molecule has 0 aromatic heterocycles. The first-order valence-electron chi connectivity index (χ1n) is 6.86. The molecule has 0 spiro atoms. The second-order valence-corrected chi connectivity index (χ2v) is 5.62. The van der Waals surface area contributed by atoms with E-state index in [4.69, 9.17) is 16.3 Å². The van der Waals surface area contributed by atoms with Crippen LogP contribution in [-0.4, -0.2) is 32.1 Å². The number of carbonyl (C=O) groups excluding carboxylic acids is 2. The lowest BCUT2D eigenvalue weighted by molar-refractivity contribution is -0.125. The highest BCUT2D eigenvalue weighted by atomic mass is 35.5. The van der Waals surface area contributed by atoms with Crippen molar-refractivity contribution in [3.8, 4) is 0 Å². The molecule has 0 heterocycles. The molecule has 1 aliphatic rings. The van der Waals surface area contributed by atoms with Crippen LogP contribution in [0.2, 0.25) is 5.02 Å². The largest absolute Gasteiger partial charge is 0.383 e. The third-order valence-electron chi connectivity index (χ3n) is 3.52. The van der Waals surface area contributed by atoms with E-state index >= 15 is 0 Å². The Bertz CT molecular complexity index is 548. The fourth-order valence-electron chi connectivity index (χ4n) is 2.17. The van der Waals surface area contributed by atoms with Gasteiger partial charge in [-0.2, -0.15) is 0 Å². The van der Waals surface area contributed by atoms with Crippen LogP contribution in [-0.2, 0) is 14.3 Å². The van der Waals surface area contributed by atoms with Gasteiger partial charge in [0.25, 0.3) is 0 Å². The summed E-state index contributed by atoms with van der Waals surface area (Å²) < 4.78 is 4.86. The molecule has 1 aliphatic carbocycles. The van der Waals surface area contributed by atoms with Gasteiger partial charge in [0.05, 0.1) is 18.4 Å². The standard InChI is InChI=1S/C15H19ClN2O3/c1-9-7-10(16)3-4-13(9)18-15(20)12-8-11(12)14(19)17-5-6-21-2/h3-4,7,11-12H,5-6,8H2,1-2H3,(H,17,19)(H,18,20). The maximum atomic E-state index is 12.1. The van der Waals surface area contributed by atoms with Crippen molar-refractivity contribution in [3.63, 3.8) is 0 Å². The minimum Gasteiger partial charge on any atom is -0.383 e. The number of aryl methyl sites for hydroxylation is 1. The van der Waals surface area contributed by atoms with Crippen LogP contribution in [0.15, 0.2) is 18.2 Å². The van der Waals surface area contributed by atoms with Crippen molar-refractivity contribution in [2.45, 2.75) is 13.3 Å². The Hall–Kier alpha value is -1.59. The van der Waals surface area contributed by atoms with E-state index in [1.54, 1.807) is 25.3 Å². The van der Waals surface area contributed by atoms with Crippen LogP contribution in [0.25, 0.3) is 0 Å². The maximum Gasteiger partial charge on any atom is 0.228 e. The summed E-state index contributed by atoms with van der Waals surface area (Å²) in [7, 11) is 1.58. The first-order valence-corrected chi connectivity index (χ1v) is 7.24. The van der Waals surface area contributed by atoms with Crippen LogP contribution in [0.3, 0.4) is 0 Å². The molecule has 0 bridgehead atoms. The van der Waals surface area contributed by atoms with Gasteiger partial charge < -0.3 is 15.4 Å². The summed E-state index contributed by atoms with van der Waals surface area (Å²) in [5, 5.41) is 6.23. The van der Waals surface area contributed by atoms with Gasteiger partial charge in [-0.25, -0.2) is 0 Å². The summed E-state index contributed by atoms with van der Waals surface area (Å²) in [6, 6.07) is 5.29. The maximum absolute atomic E-state index is 12.1. The number of methoxy groups -OCH3 is 1. The third kappa shape index (κ3) is 4.19. The van der Waals surface area contributed by atoms with E-state index in [1.165, 1.54) is 0 Å². The van der Waals surface area contributed by atoms with Gasteiger partial charge in [0.15, 0.2) is 0 Å². The van der Waals surface area contributed by atoms with Crippen LogP contribution < -0.4 is 10.6 Å². The molecule has 21 heavy (non-hydrogen) atoms. The van der Waals surface area contributed by atoms with Gasteiger partial charge in [-0.1, -0.05) is 11.6 Å². The van der Waals surface area contributed by atoms with E-state index in [1.807, 2.05) is 6.92 Å². The Morgan fingerprint density at radius 2 is 2.05 bits per heavy atom. The highest BCUT2D eigenvalue weighted by molar-refractivity contribution is 6.30. The molecular formula is C15H19ClN2O3. The van der Waals surface area contributed by atoms with E-state index < -0.39 is 0 Å². The van der Waals surface area contributed by atoms with Gasteiger partial charge in [-0.15, -0.1) is 0 Å². The minimum absolute atomic E-state index is 0.0833. The molecule has 5 nitrogen and oxygen atoms in total. The van der Waals surface area contributed by atoms with E-state index in [9.17, 15) is 9.59 Å². The monoisotopic (exact) mass is 310 g/mol. The normalized spacial score (nSPS) is 20.0. The quantitative estimate of drug-likeness (QED) is 0.790. The van der Waals surface area contributed by atoms with Crippen LogP contribution in [0.5, 0.6) is 0 Å². The number of halogens is 1. The van der Waals surface area contributed by atoms with Crippen molar-refractivity contribution in [2.75, 3.05) is 25.6 Å². The SMILES string of the molecule is COCCNC(=O)C1CC1C(=O)Nc1ccc(Cl)cc1C. The topological polar surface area (TPSA) is 67.4 Å². The van der Waals surface area contributed by atoms with E-state index in [2.05, 4.69) is 10.6 Å². The van der Waals surface area contributed by atoms with Crippen LogP contribution in [0, 0.1) is 18.8 Å². The molecule has 1 saturated carbocycles. The highest BCUT2D eigenvalue weighted by Gasteiger charge is 2.47. The van der Waals surface area contributed by atoms with Crippen molar-refractivity contribution >= 4 is 29.1 Å². The molecule has 1 aromatic carbocycles. The summed E-state index contributed by atoms with van der Waals surface area (Å²) in [5.41, 5.74) is 1.63. The predicted molar refractivity (Wildman–Crippen MR) is 81.3 cm³/mol.